The summed E-state index contributed by atoms with van der Waals surface area (Å²) in [7, 11) is -4.55. The summed E-state index contributed by atoms with van der Waals surface area (Å²) in [6, 6.07) is 22.9. The summed E-state index contributed by atoms with van der Waals surface area (Å²) in [6.45, 7) is 26.5. The third-order valence-electron chi connectivity index (χ3n) is 10.9. The van der Waals surface area contributed by atoms with Gasteiger partial charge in [-0.15, -0.1) is 0 Å². The highest BCUT2D eigenvalue weighted by atomic mass is 28.4. The van der Waals surface area contributed by atoms with Gasteiger partial charge >= 0.3 is 0 Å². The van der Waals surface area contributed by atoms with Crippen molar-refractivity contribution in [1.29, 1.82) is 0 Å². The third-order valence-corrected chi connectivity index (χ3v) is 16.1. The molecule has 4 aromatic rings. The van der Waals surface area contributed by atoms with Gasteiger partial charge < -0.3 is 27.8 Å². The van der Waals surface area contributed by atoms with Crippen LogP contribution in [0.3, 0.4) is 0 Å². The lowest BCUT2D eigenvalue weighted by Crippen LogP contribution is -2.45. The van der Waals surface area contributed by atoms with Gasteiger partial charge in [-0.05, 0) is 120 Å². The van der Waals surface area contributed by atoms with E-state index in [4.69, 9.17) is 27.8 Å². The second kappa shape index (κ2) is 21.6. The van der Waals surface area contributed by atoms with Crippen LogP contribution in [0.1, 0.15) is 125 Å². The summed E-state index contributed by atoms with van der Waals surface area (Å²) in [5.41, 5.74) is 9.37. The Hall–Kier alpha value is -3.57. The molecule has 0 radical (unpaired) electrons. The van der Waals surface area contributed by atoms with Crippen LogP contribution < -0.4 is 29.3 Å². The molecular weight excluding hydrogens is 753 g/mol. The summed E-state index contributed by atoms with van der Waals surface area (Å²) in [6.07, 6.45) is 8.39. The van der Waals surface area contributed by atoms with Gasteiger partial charge in [0, 0.05) is 38.9 Å². The van der Waals surface area contributed by atoms with Crippen molar-refractivity contribution >= 4 is 27.0 Å². The van der Waals surface area contributed by atoms with E-state index in [1.807, 2.05) is 0 Å². The lowest BCUT2D eigenvalue weighted by atomic mass is 9.91. The highest BCUT2D eigenvalue weighted by molar-refractivity contribution is 6.84. The molecule has 0 aromatic heterocycles. The average Bonchev–Trinajstić information content (AvgIpc) is 3.20. The lowest BCUT2D eigenvalue weighted by molar-refractivity contribution is 0.304. The third kappa shape index (κ3) is 11.4. The van der Waals surface area contributed by atoms with E-state index < -0.39 is 16.6 Å². The van der Waals surface area contributed by atoms with Gasteiger partial charge in [-0.3, -0.25) is 0 Å². The van der Waals surface area contributed by atoms with Crippen molar-refractivity contribution in [3.05, 3.63) is 105 Å². The fourth-order valence-electron chi connectivity index (χ4n) is 7.82. The second-order valence-corrected chi connectivity index (χ2v) is 24.6. The molecule has 0 saturated heterocycles. The van der Waals surface area contributed by atoms with Gasteiger partial charge in [0.05, 0.1) is 26.4 Å². The van der Waals surface area contributed by atoms with Crippen molar-refractivity contribution in [1.82, 2.24) is 0 Å². The molecule has 0 fully saturated rings. The Bertz CT molecular complexity index is 1710. The number of para-hydroxylation sites is 2. The van der Waals surface area contributed by atoms with E-state index >= 15 is 0 Å². The second-order valence-electron chi connectivity index (χ2n) is 16.9. The number of ether oxygens (including phenoxy) is 4. The minimum Gasteiger partial charge on any atom is -0.493 e. The van der Waals surface area contributed by atoms with Crippen LogP contribution in [0.5, 0.6) is 23.0 Å². The Balaban J connectivity index is 1.87. The summed E-state index contributed by atoms with van der Waals surface area (Å²) in [5.74, 6) is 3.88. The predicted octanol–water partition coefficient (Wildman–Crippen LogP) is 11.2. The van der Waals surface area contributed by atoms with Crippen molar-refractivity contribution in [2.75, 3.05) is 39.6 Å². The minimum absolute atomic E-state index is 0.643. The standard InChI is InChI=1S/C50H72O6Si2/c1-11-23-51-47-37-19-17-20-38(47)30-42-34-46(58(9,10)56-28-16-6)36-44(50(42)54-26-14-4)32-40-22-18-21-39(48(40)52-24-12-2)31-43-35-45(57(7,8)55-27-15-5)33-41(29-37)49(43)53-25-13-3/h17-22,33-36H,11-16,23-32H2,1-10H3. The Morgan fingerprint density at radius 3 is 0.845 bits per heavy atom. The molecule has 0 atom stereocenters. The summed E-state index contributed by atoms with van der Waals surface area (Å²) >= 11 is 0. The molecule has 4 aromatic carbocycles. The van der Waals surface area contributed by atoms with E-state index in [9.17, 15) is 0 Å². The van der Waals surface area contributed by atoms with E-state index in [1.54, 1.807) is 0 Å². The van der Waals surface area contributed by atoms with Gasteiger partial charge in [0.2, 0.25) is 16.6 Å². The summed E-state index contributed by atoms with van der Waals surface area (Å²) in [4.78, 5) is 0. The summed E-state index contributed by atoms with van der Waals surface area (Å²) in [5, 5.41) is 2.57. The zero-order valence-electron chi connectivity index (χ0n) is 37.5. The number of rotatable bonds is 20. The first-order chi connectivity index (χ1) is 28.0. The minimum atomic E-state index is -2.28. The smallest absolute Gasteiger partial charge is 0.218 e. The maximum absolute atomic E-state index is 6.83. The molecule has 1 aliphatic carbocycles. The molecule has 0 spiro atoms. The number of hydrogen-bond acceptors (Lipinski definition) is 6. The first kappa shape index (κ1) is 45.5. The van der Waals surface area contributed by atoms with Gasteiger partial charge in [-0.2, -0.15) is 0 Å². The Labute approximate surface area is 353 Å². The monoisotopic (exact) mass is 824 g/mol. The fourth-order valence-corrected chi connectivity index (χ4v) is 11.7. The highest BCUT2D eigenvalue weighted by Gasteiger charge is 2.31. The van der Waals surface area contributed by atoms with Gasteiger partial charge in [0.1, 0.15) is 23.0 Å². The molecule has 0 heterocycles. The molecule has 0 aliphatic heterocycles. The molecule has 8 bridgehead atoms. The van der Waals surface area contributed by atoms with Crippen LogP contribution in [0.2, 0.25) is 26.2 Å². The normalized spacial score (nSPS) is 13.0. The molecule has 0 amide bonds. The van der Waals surface area contributed by atoms with Gasteiger partial charge in [-0.1, -0.05) is 102 Å². The quantitative estimate of drug-likeness (QED) is 0.0729. The fraction of sp³-hybridized carbons (Fsp3) is 0.520. The van der Waals surface area contributed by atoms with E-state index in [1.165, 1.54) is 54.9 Å². The van der Waals surface area contributed by atoms with Crippen LogP contribution in [-0.4, -0.2) is 56.3 Å². The summed E-state index contributed by atoms with van der Waals surface area (Å²) < 4.78 is 40.7. The number of benzene rings is 4. The van der Waals surface area contributed by atoms with Crippen molar-refractivity contribution in [3.63, 3.8) is 0 Å². The molecule has 6 nitrogen and oxygen atoms in total. The molecule has 316 valence electrons. The van der Waals surface area contributed by atoms with Crippen molar-refractivity contribution in [2.24, 2.45) is 0 Å². The Morgan fingerprint density at radius 1 is 0.362 bits per heavy atom. The van der Waals surface area contributed by atoms with E-state index in [2.05, 4.69) is 128 Å². The Kier molecular flexibility index (Phi) is 17.0. The maximum atomic E-state index is 6.83. The molecule has 58 heavy (non-hydrogen) atoms. The van der Waals surface area contributed by atoms with Gasteiger partial charge in [0.15, 0.2) is 0 Å². The van der Waals surface area contributed by atoms with Gasteiger partial charge in [-0.25, -0.2) is 0 Å². The topological polar surface area (TPSA) is 55.4 Å². The largest absolute Gasteiger partial charge is 0.493 e. The van der Waals surface area contributed by atoms with Crippen LogP contribution in [0.4, 0.5) is 0 Å². The molecule has 8 heteroatoms. The first-order valence-electron chi connectivity index (χ1n) is 22.3. The van der Waals surface area contributed by atoms with Crippen molar-refractivity contribution in [2.45, 2.75) is 132 Å². The molecule has 0 N–H and O–H groups in total. The number of fused-ring (bicyclic) bond motifs is 8. The van der Waals surface area contributed by atoms with Crippen molar-refractivity contribution < 1.29 is 27.8 Å². The van der Waals surface area contributed by atoms with Crippen molar-refractivity contribution in [3.8, 4) is 23.0 Å². The number of hydrogen-bond donors (Lipinski definition) is 0. The van der Waals surface area contributed by atoms with Crippen LogP contribution in [-0.2, 0) is 34.5 Å². The van der Waals surface area contributed by atoms with Crippen LogP contribution >= 0.6 is 0 Å². The average molecular weight is 825 g/mol. The molecule has 0 saturated carbocycles. The zero-order chi connectivity index (χ0) is 41.7. The maximum Gasteiger partial charge on any atom is 0.218 e. The van der Waals surface area contributed by atoms with Crippen LogP contribution in [0, 0.1) is 0 Å². The van der Waals surface area contributed by atoms with E-state index in [-0.39, 0.29) is 0 Å². The van der Waals surface area contributed by atoms with Crippen LogP contribution in [0.15, 0.2) is 60.7 Å². The molecule has 5 rings (SSSR count). The lowest BCUT2D eigenvalue weighted by Gasteiger charge is -2.28. The molecular formula is C50H72O6Si2. The Morgan fingerprint density at radius 2 is 0.603 bits per heavy atom. The molecule has 0 unspecified atom stereocenters. The van der Waals surface area contributed by atoms with Crippen LogP contribution in [0.25, 0.3) is 0 Å². The zero-order valence-corrected chi connectivity index (χ0v) is 39.5. The highest BCUT2D eigenvalue weighted by Crippen LogP contribution is 2.39. The van der Waals surface area contributed by atoms with E-state index in [0.717, 1.165) is 74.7 Å². The van der Waals surface area contributed by atoms with Gasteiger partial charge in [0.25, 0.3) is 0 Å². The first-order valence-corrected chi connectivity index (χ1v) is 28.1. The molecule has 1 aliphatic rings. The predicted molar refractivity (Wildman–Crippen MR) is 247 cm³/mol. The van der Waals surface area contributed by atoms with E-state index in [0.29, 0.717) is 52.1 Å². The SMILES string of the molecule is CCCOc1c2cccc1Cc1cc([Si](C)(C)OCCC)cc(c1OCCC)Cc1cccc(c1OCCC)Cc1cc([Si](C)(C)OCCC)cc(c1OCCC)C2.